The summed E-state index contributed by atoms with van der Waals surface area (Å²) in [5.41, 5.74) is 1.05. The van der Waals surface area contributed by atoms with Gasteiger partial charge in [-0.15, -0.1) is 22.7 Å². The van der Waals surface area contributed by atoms with Gasteiger partial charge in [-0.1, -0.05) is 42.5 Å². The lowest BCUT2D eigenvalue weighted by molar-refractivity contribution is -0.139. The number of thiophene rings is 2. The highest BCUT2D eigenvalue weighted by atomic mass is 32.2. The maximum atomic E-state index is 13.0. The Kier molecular flexibility index (Phi) is 7.18. The molecule has 6 nitrogen and oxygen atoms in total. The molecule has 0 saturated carbocycles. The van der Waals surface area contributed by atoms with E-state index >= 15 is 0 Å². The zero-order chi connectivity index (χ0) is 20.7. The standard InChI is InChI=1S/C20H20N2O4S3/c23-19(21-11-10-15-6-2-1-3-7-15)20(24)22-14-17(16-8-4-12-27-16)29(25,26)18-9-5-13-28-18/h1-9,12-13,17H,10-11,14H2,(H,21,23)(H,22,24)/t17-/m0/s1. The largest absolute Gasteiger partial charge is 0.348 e. The van der Waals surface area contributed by atoms with E-state index in [-0.39, 0.29) is 10.8 Å². The molecule has 1 aromatic carbocycles. The van der Waals surface area contributed by atoms with Crippen LogP contribution in [0.15, 0.2) is 69.6 Å². The predicted molar refractivity (Wildman–Crippen MR) is 115 cm³/mol. The molecule has 0 aliphatic rings. The molecular formula is C20H20N2O4S3. The second kappa shape index (κ2) is 9.82. The van der Waals surface area contributed by atoms with Crippen LogP contribution in [0.2, 0.25) is 0 Å². The summed E-state index contributed by atoms with van der Waals surface area (Å²) in [6.45, 7) is 0.143. The first kappa shape index (κ1) is 21.2. The molecule has 0 spiro atoms. The minimum Gasteiger partial charge on any atom is -0.348 e. The monoisotopic (exact) mass is 448 g/mol. The fourth-order valence-corrected chi connectivity index (χ4v) is 6.70. The molecule has 3 rings (SSSR count). The van der Waals surface area contributed by atoms with Crippen molar-refractivity contribution < 1.29 is 18.0 Å². The second-order valence-corrected chi connectivity index (χ2v) is 10.5. The Morgan fingerprint density at radius 1 is 0.862 bits per heavy atom. The lowest BCUT2D eigenvalue weighted by atomic mass is 10.1. The quantitative estimate of drug-likeness (QED) is 0.519. The third-order valence-electron chi connectivity index (χ3n) is 4.21. The molecule has 152 valence electrons. The van der Waals surface area contributed by atoms with Crippen molar-refractivity contribution in [2.75, 3.05) is 13.1 Å². The smallest absolute Gasteiger partial charge is 0.309 e. The van der Waals surface area contributed by atoms with Gasteiger partial charge in [0.15, 0.2) is 9.84 Å². The zero-order valence-electron chi connectivity index (χ0n) is 15.4. The molecule has 2 amide bonds. The van der Waals surface area contributed by atoms with Crippen LogP contribution in [-0.4, -0.2) is 33.3 Å². The number of hydrogen-bond acceptors (Lipinski definition) is 6. The molecule has 0 bridgehead atoms. The number of sulfone groups is 1. The summed E-state index contributed by atoms with van der Waals surface area (Å²) in [5, 5.41) is 7.56. The van der Waals surface area contributed by atoms with E-state index in [9.17, 15) is 18.0 Å². The Bertz CT molecular complexity index is 1030. The zero-order valence-corrected chi connectivity index (χ0v) is 17.9. The molecular weight excluding hydrogens is 428 g/mol. The van der Waals surface area contributed by atoms with Crippen molar-refractivity contribution in [2.45, 2.75) is 15.9 Å². The van der Waals surface area contributed by atoms with E-state index in [4.69, 9.17) is 0 Å². The fraction of sp³-hybridized carbons (Fsp3) is 0.200. The SMILES string of the molecule is O=C(NCCc1ccccc1)C(=O)NC[C@@H](c1cccs1)S(=O)(=O)c1cccs1. The van der Waals surface area contributed by atoms with Crippen LogP contribution < -0.4 is 10.6 Å². The van der Waals surface area contributed by atoms with E-state index < -0.39 is 26.9 Å². The van der Waals surface area contributed by atoms with Gasteiger partial charge in [0.05, 0.1) is 0 Å². The predicted octanol–water partition coefficient (Wildman–Crippen LogP) is 2.80. The second-order valence-electron chi connectivity index (χ2n) is 6.18. The van der Waals surface area contributed by atoms with Gasteiger partial charge in [-0.3, -0.25) is 9.59 Å². The van der Waals surface area contributed by atoms with E-state index in [0.29, 0.717) is 17.8 Å². The number of rotatable bonds is 8. The highest BCUT2D eigenvalue weighted by Gasteiger charge is 2.31. The van der Waals surface area contributed by atoms with Crippen molar-refractivity contribution in [3.63, 3.8) is 0 Å². The third kappa shape index (κ3) is 5.53. The van der Waals surface area contributed by atoms with Crippen LogP contribution in [0.5, 0.6) is 0 Å². The molecule has 3 aromatic rings. The summed E-state index contributed by atoms with van der Waals surface area (Å²) < 4.78 is 26.2. The Morgan fingerprint density at radius 2 is 1.55 bits per heavy atom. The van der Waals surface area contributed by atoms with Crippen molar-refractivity contribution in [3.8, 4) is 0 Å². The van der Waals surface area contributed by atoms with Crippen molar-refractivity contribution in [3.05, 3.63) is 75.8 Å². The van der Waals surface area contributed by atoms with Crippen LogP contribution in [0, 0.1) is 0 Å². The van der Waals surface area contributed by atoms with Crippen molar-refractivity contribution in [1.29, 1.82) is 0 Å². The van der Waals surface area contributed by atoms with E-state index in [1.165, 1.54) is 11.3 Å². The first-order chi connectivity index (χ1) is 14.0. The van der Waals surface area contributed by atoms with Gasteiger partial charge in [0, 0.05) is 18.0 Å². The lowest BCUT2D eigenvalue weighted by Gasteiger charge is -2.16. The summed E-state index contributed by atoms with van der Waals surface area (Å²) in [6, 6.07) is 16.3. The Labute approximate surface area is 177 Å². The highest BCUT2D eigenvalue weighted by molar-refractivity contribution is 7.93. The van der Waals surface area contributed by atoms with Gasteiger partial charge in [0.2, 0.25) is 0 Å². The number of benzene rings is 1. The summed E-state index contributed by atoms with van der Waals surface area (Å²) in [5.74, 6) is -1.62. The Morgan fingerprint density at radius 3 is 2.21 bits per heavy atom. The highest BCUT2D eigenvalue weighted by Crippen LogP contribution is 2.33. The third-order valence-corrected chi connectivity index (χ3v) is 8.86. The maximum absolute atomic E-state index is 13.0. The van der Waals surface area contributed by atoms with E-state index in [2.05, 4.69) is 10.6 Å². The van der Waals surface area contributed by atoms with Crippen molar-refractivity contribution >= 4 is 44.3 Å². The molecule has 0 aliphatic carbocycles. The number of hydrogen-bond donors (Lipinski definition) is 2. The van der Waals surface area contributed by atoms with Gasteiger partial charge in [-0.2, -0.15) is 0 Å². The van der Waals surface area contributed by atoms with Crippen LogP contribution in [-0.2, 0) is 25.8 Å². The molecule has 0 unspecified atom stereocenters. The van der Waals surface area contributed by atoms with Crippen molar-refractivity contribution in [2.24, 2.45) is 0 Å². The van der Waals surface area contributed by atoms with Gasteiger partial charge in [-0.05, 0) is 34.9 Å². The molecule has 0 saturated heterocycles. The number of amides is 2. The summed E-state index contributed by atoms with van der Waals surface area (Å²) in [7, 11) is -3.67. The van der Waals surface area contributed by atoms with Crippen LogP contribution >= 0.6 is 22.7 Å². The van der Waals surface area contributed by atoms with E-state index in [1.54, 1.807) is 35.0 Å². The van der Waals surface area contributed by atoms with Gasteiger partial charge in [0.1, 0.15) is 9.46 Å². The first-order valence-corrected chi connectivity index (χ1v) is 12.2. The topological polar surface area (TPSA) is 92.3 Å². The fourth-order valence-electron chi connectivity index (χ4n) is 2.71. The van der Waals surface area contributed by atoms with Crippen LogP contribution in [0.1, 0.15) is 15.7 Å². The van der Waals surface area contributed by atoms with Gasteiger partial charge >= 0.3 is 11.8 Å². The normalized spacial score (nSPS) is 12.3. The molecule has 29 heavy (non-hydrogen) atoms. The van der Waals surface area contributed by atoms with E-state index in [0.717, 1.165) is 16.9 Å². The Hall–Kier alpha value is -2.49. The lowest BCUT2D eigenvalue weighted by Crippen LogP contribution is -2.42. The van der Waals surface area contributed by atoms with Crippen LogP contribution in [0.4, 0.5) is 0 Å². The van der Waals surface area contributed by atoms with Crippen LogP contribution in [0.3, 0.4) is 0 Å². The number of carbonyl (C=O) groups is 2. The maximum Gasteiger partial charge on any atom is 0.309 e. The molecule has 2 aromatic heterocycles. The molecule has 0 radical (unpaired) electrons. The average molecular weight is 449 g/mol. The average Bonchev–Trinajstić information content (AvgIpc) is 3.43. The molecule has 2 heterocycles. The number of nitrogens with one attached hydrogen (secondary N) is 2. The van der Waals surface area contributed by atoms with Gasteiger partial charge < -0.3 is 10.6 Å². The first-order valence-electron chi connectivity index (χ1n) is 8.89. The summed E-state index contributed by atoms with van der Waals surface area (Å²) >= 11 is 2.43. The van der Waals surface area contributed by atoms with Gasteiger partial charge in [-0.25, -0.2) is 8.42 Å². The molecule has 2 N–H and O–H groups in total. The number of carbonyl (C=O) groups excluding carboxylic acids is 2. The summed E-state index contributed by atoms with van der Waals surface area (Å²) in [6.07, 6.45) is 0.602. The summed E-state index contributed by atoms with van der Waals surface area (Å²) in [4.78, 5) is 24.8. The van der Waals surface area contributed by atoms with Gasteiger partial charge in [0.25, 0.3) is 0 Å². The van der Waals surface area contributed by atoms with Crippen molar-refractivity contribution in [1.82, 2.24) is 10.6 Å². The molecule has 1 atom stereocenters. The minimum atomic E-state index is -3.67. The minimum absolute atomic E-state index is 0.175. The molecule has 0 aliphatic heterocycles. The molecule has 0 fully saturated rings. The Balaban J connectivity index is 1.59. The van der Waals surface area contributed by atoms with E-state index in [1.807, 2.05) is 30.3 Å². The molecule has 9 heteroatoms. The van der Waals surface area contributed by atoms with Crippen LogP contribution in [0.25, 0.3) is 0 Å².